The first kappa shape index (κ1) is 48.2. The van der Waals surface area contributed by atoms with Gasteiger partial charge in [0.1, 0.15) is 11.0 Å². The van der Waals surface area contributed by atoms with Gasteiger partial charge in [-0.1, -0.05) is 124 Å². The fourth-order valence-corrected chi connectivity index (χ4v) is 13.6. The van der Waals surface area contributed by atoms with Crippen LogP contribution in [0, 0.1) is 16.0 Å². The van der Waals surface area contributed by atoms with E-state index in [1.807, 2.05) is 97.9 Å². The lowest BCUT2D eigenvalue weighted by molar-refractivity contribution is -0.384. The summed E-state index contributed by atoms with van der Waals surface area (Å²) in [5.74, 6) is -4.53. The van der Waals surface area contributed by atoms with Crippen LogP contribution in [0.3, 0.4) is 0 Å². The Morgan fingerprint density at radius 1 is 0.692 bits per heavy atom. The number of non-ortho nitro benzene ring substituents is 1. The average molecular weight is 915 g/mol. The van der Waals surface area contributed by atoms with Crippen molar-refractivity contribution in [2.24, 2.45) is 5.92 Å². The van der Waals surface area contributed by atoms with Crippen LogP contribution in [0.2, 0.25) is 18.1 Å². The second-order valence-corrected chi connectivity index (χ2v) is 26.6. The second kappa shape index (κ2) is 19.1. The van der Waals surface area contributed by atoms with Crippen LogP contribution in [0.4, 0.5) is 5.69 Å². The summed E-state index contributed by atoms with van der Waals surface area (Å²) in [6, 6.07) is 37.5. The number of Topliss-reactive ketones (excluding diaryl/α,β-unsaturated/α-hetero) is 1. The fraction of sp³-hybridized carbons (Fsp3) is 0.294. The molecule has 0 radical (unpaired) electrons. The molecule has 1 aliphatic rings. The number of nitro benzene ring substituents is 1. The number of hydrogen-bond donors (Lipinski definition) is 0. The summed E-state index contributed by atoms with van der Waals surface area (Å²) in [7, 11) is -2.52. The highest BCUT2D eigenvalue weighted by Gasteiger charge is 2.57. The van der Waals surface area contributed by atoms with Crippen molar-refractivity contribution in [3.8, 4) is 0 Å². The van der Waals surface area contributed by atoms with Gasteiger partial charge in [0.25, 0.3) is 5.69 Å². The van der Waals surface area contributed by atoms with Crippen LogP contribution in [-0.2, 0) is 23.5 Å². The predicted molar refractivity (Wildman–Crippen MR) is 256 cm³/mol. The third-order valence-corrected chi connectivity index (χ3v) is 20.8. The third-order valence-electron chi connectivity index (χ3n) is 12.0. The molecular formula is C51H55N2O10PSi. The maximum Gasteiger partial charge on any atom is 0.363 e. The third kappa shape index (κ3) is 10.2. The van der Waals surface area contributed by atoms with Crippen molar-refractivity contribution in [3.05, 3.63) is 166 Å². The van der Waals surface area contributed by atoms with Gasteiger partial charge in [-0.3, -0.25) is 19.7 Å². The molecule has 0 saturated carbocycles. The van der Waals surface area contributed by atoms with Gasteiger partial charge >= 0.3 is 17.9 Å². The van der Waals surface area contributed by atoms with Crippen molar-refractivity contribution in [1.82, 2.24) is 4.90 Å². The van der Waals surface area contributed by atoms with Crippen LogP contribution >= 0.6 is 6.89 Å². The molecule has 1 saturated heterocycles. The molecular weight excluding hydrogens is 860 g/mol. The van der Waals surface area contributed by atoms with Gasteiger partial charge in [-0.2, -0.15) is 0 Å². The number of carbonyl (C=O) groups is 5. The largest absolute Gasteiger partial charge is 0.456 e. The van der Waals surface area contributed by atoms with E-state index in [2.05, 4.69) is 33.9 Å². The monoisotopic (exact) mass is 914 g/mol. The number of nitrogens with zero attached hydrogens (tertiary/aromatic N) is 2. The maximum atomic E-state index is 15.5. The summed E-state index contributed by atoms with van der Waals surface area (Å²) < 4.78 is 18.2. The van der Waals surface area contributed by atoms with Gasteiger partial charge in [0.05, 0.1) is 34.1 Å². The number of carbonyl (C=O) groups excluding carboxylic acids is 5. The zero-order valence-electron chi connectivity index (χ0n) is 38.1. The lowest BCUT2D eigenvalue weighted by Crippen LogP contribution is -2.69. The SMILES string of the molecule is C[C@@H](O[Si](C)(C)C(C)(C)C)[C@H]1C(=O)N(C(C(=O)OC(=O)c2ccc([N+](=O)[O-])cc2)=P(c2ccccc2)(c2ccccc2)c2ccccc2)[C@@H]1CC(=O)c1ccc(C(=O)OC(C)(C)C)cc1. The maximum absolute atomic E-state index is 15.5. The first-order chi connectivity index (χ1) is 30.6. The Hall–Kier alpha value is -6.27. The fourth-order valence-electron chi connectivity index (χ4n) is 7.79. The Morgan fingerprint density at radius 3 is 1.55 bits per heavy atom. The number of benzene rings is 5. The first-order valence-electron chi connectivity index (χ1n) is 21.4. The summed E-state index contributed by atoms with van der Waals surface area (Å²) in [6.07, 6.45) is -0.970. The molecule has 0 aromatic heterocycles. The van der Waals surface area contributed by atoms with E-state index in [4.69, 9.17) is 13.9 Å². The minimum atomic E-state index is -3.55. The first-order valence-corrected chi connectivity index (χ1v) is 26.1. The van der Waals surface area contributed by atoms with Crippen molar-refractivity contribution in [2.75, 3.05) is 0 Å². The lowest BCUT2D eigenvalue weighted by Gasteiger charge is -2.52. The van der Waals surface area contributed by atoms with Gasteiger partial charge in [-0.25, -0.2) is 14.4 Å². The molecule has 3 atom stereocenters. The normalized spacial score (nSPS) is 15.9. The zero-order chi connectivity index (χ0) is 47.5. The Labute approximate surface area is 381 Å². The number of nitro groups is 1. The number of β-lactam (4-membered cyclic amide) rings is 1. The zero-order valence-corrected chi connectivity index (χ0v) is 40.0. The highest BCUT2D eigenvalue weighted by molar-refractivity contribution is 7.96. The smallest absolute Gasteiger partial charge is 0.363 e. The molecule has 338 valence electrons. The minimum absolute atomic E-state index is 0.128. The van der Waals surface area contributed by atoms with E-state index in [1.54, 1.807) is 20.8 Å². The molecule has 0 spiro atoms. The Kier molecular flexibility index (Phi) is 14.1. The van der Waals surface area contributed by atoms with E-state index in [0.717, 1.165) is 12.1 Å². The molecule has 0 aliphatic carbocycles. The number of esters is 3. The summed E-state index contributed by atoms with van der Waals surface area (Å²) in [6.45, 7) is 14.0. The lowest BCUT2D eigenvalue weighted by atomic mass is 9.79. The average Bonchev–Trinajstić information content (AvgIpc) is 3.26. The number of hydrogen-bond acceptors (Lipinski definition) is 10. The molecule has 0 bridgehead atoms. The Bertz CT molecular complexity index is 2540. The van der Waals surface area contributed by atoms with Crippen molar-refractivity contribution in [1.29, 1.82) is 0 Å². The van der Waals surface area contributed by atoms with Crippen LogP contribution in [0.5, 0.6) is 0 Å². The van der Waals surface area contributed by atoms with Gasteiger partial charge in [-0.15, -0.1) is 0 Å². The van der Waals surface area contributed by atoms with Crippen LogP contribution in [-0.4, -0.2) is 70.9 Å². The van der Waals surface area contributed by atoms with E-state index in [-0.39, 0.29) is 45.0 Å². The van der Waals surface area contributed by atoms with Crippen molar-refractivity contribution >= 4 is 71.8 Å². The molecule has 0 unspecified atom stereocenters. The van der Waals surface area contributed by atoms with Gasteiger partial charge in [0.15, 0.2) is 14.1 Å². The Balaban J connectivity index is 1.60. The summed E-state index contributed by atoms with van der Waals surface area (Å²) in [4.78, 5) is 84.5. The van der Waals surface area contributed by atoms with Crippen LogP contribution in [0.25, 0.3) is 0 Å². The van der Waals surface area contributed by atoms with Gasteiger partial charge < -0.3 is 18.8 Å². The van der Waals surface area contributed by atoms with E-state index >= 15 is 9.59 Å². The molecule has 6 rings (SSSR count). The molecule has 5 aromatic rings. The highest BCUT2D eigenvalue weighted by atomic mass is 31.2. The molecule has 12 nitrogen and oxygen atoms in total. The predicted octanol–water partition coefficient (Wildman–Crippen LogP) is 8.87. The molecule has 1 fully saturated rings. The highest BCUT2D eigenvalue weighted by Crippen LogP contribution is 2.51. The molecule has 1 heterocycles. The van der Waals surface area contributed by atoms with E-state index in [9.17, 15) is 24.5 Å². The Morgan fingerprint density at radius 2 is 1.12 bits per heavy atom. The molecule has 1 aliphatic heterocycles. The standard InChI is InChI=1S/C51H55N2O10PSi/c1-34(63-65(8,9)51(5,6)7)44-42(33-43(54)35-25-27-37(28-26-35)48(57)62-50(2,3)4)52(45(44)55)46(49(58)61-47(56)36-29-31-38(32-30-36)53(59)60)64(39-19-13-10-14-20-39,40-21-15-11-16-22-40)41-23-17-12-18-24-41/h10-32,34,42,44H,33H2,1-9H3/t34-,42-,44-/m1/s1. The molecule has 5 aromatic carbocycles. The summed E-state index contributed by atoms with van der Waals surface area (Å²) >= 11 is 0. The van der Waals surface area contributed by atoms with E-state index in [1.165, 1.54) is 41.3 Å². The molecule has 0 N–H and O–H groups in total. The van der Waals surface area contributed by atoms with Crippen LogP contribution in [0.1, 0.15) is 86.0 Å². The van der Waals surface area contributed by atoms with Gasteiger partial charge in [-0.05, 0) is 86.0 Å². The minimum Gasteiger partial charge on any atom is -0.456 e. The van der Waals surface area contributed by atoms with Gasteiger partial charge in [0.2, 0.25) is 5.91 Å². The van der Waals surface area contributed by atoms with Crippen molar-refractivity contribution in [3.63, 3.8) is 0 Å². The molecule has 65 heavy (non-hydrogen) atoms. The topological polar surface area (TPSA) is 159 Å². The second-order valence-electron chi connectivity index (χ2n) is 18.6. The summed E-state index contributed by atoms with van der Waals surface area (Å²) in [5, 5.41) is 13.2. The van der Waals surface area contributed by atoms with Crippen molar-refractivity contribution < 1.29 is 42.8 Å². The van der Waals surface area contributed by atoms with E-state index in [0.29, 0.717) is 15.9 Å². The summed E-state index contributed by atoms with van der Waals surface area (Å²) in [5.41, 5.74) is -0.734. The van der Waals surface area contributed by atoms with Crippen LogP contribution < -0.4 is 15.9 Å². The quantitative estimate of drug-likeness (QED) is 0.0154. The van der Waals surface area contributed by atoms with Crippen LogP contribution in [0.15, 0.2) is 140 Å². The van der Waals surface area contributed by atoms with Crippen molar-refractivity contribution in [2.45, 2.75) is 90.8 Å². The number of likely N-dealkylation sites (tertiary alicyclic amines) is 1. The molecule has 1 amide bonds. The number of ether oxygens (including phenoxy) is 2. The number of rotatable bonds is 14. The van der Waals surface area contributed by atoms with Gasteiger partial charge in [0, 0.05) is 31.0 Å². The van der Waals surface area contributed by atoms with E-state index < -0.39 is 67.6 Å². The number of ketones is 1. The molecule has 14 heteroatoms. The number of amides is 1.